The molecule has 6 unspecified atom stereocenters. The lowest BCUT2D eigenvalue weighted by atomic mass is 9.97. The molecule has 1 aromatic carbocycles. The Morgan fingerprint density at radius 1 is 0.826 bits per heavy atom. The van der Waals surface area contributed by atoms with Gasteiger partial charge in [-0.1, -0.05) is 85.7 Å². The summed E-state index contributed by atoms with van der Waals surface area (Å²) in [6, 6.07) is 1.13. The van der Waals surface area contributed by atoms with Gasteiger partial charge in [0.1, 0.15) is 17.2 Å². The first-order valence-corrected chi connectivity index (χ1v) is 17.2. The third-order valence-electron chi connectivity index (χ3n) is 9.35. The second-order valence-electron chi connectivity index (χ2n) is 12.8. The van der Waals surface area contributed by atoms with Crippen LogP contribution in [0.4, 0.5) is 0 Å². The van der Waals surface area contributed by atoms with Crippen molar-refractivity contribution in [2.75, 3.05) is 13.2 Å². The standard InChI is InChI=1S/C32H34Cl6O8/c1-15-13-31(15,3)7-5-9-43-27(39)21-23(37)17(33)11-19(35)25(21)45-29(41)30(42)46-26-20(36)12-18(34)24(38)22(26)28(40)44-10-6-8-32(4)14-16(32)2/h11-12,15-16,21,23H,5-10,13-14H2,1-4H3. The Balaban J connectivity index is 1.44. The van der Waals surface area contributed by atoms with Gasteiger partial charge >= 0.3 is 23.9 Å². The number of carbonyl (C=O) groups is 4. The Hall–Kier alpha value is -1.68. The minimum Gasteiger partial charge on any atom is -0.465 e. The Kier molecular flexibility index (Phi) is 12.0. The number of benzene rings is 1. The van der Waals surface area contributed by atoms with Crippen molar-refractivity contribution >= 4 is 93.5 Å². The number of alkyl halides is 1. The van der Waals surface area contributed by atoms with Crippen molar-refractivity contribution in [3.05, 3.63) is 48.6 Å². The maximum atomic E-state index is 13.1. The summed E-state index contributed by atoms with van der Waals surface area (Å²) in [5.74, 6) is -6.30. The SMILES string of the molecule is CC1CC1(C)CCCOC(=O)c1c(Cl)c(Cl)cc(Cl)c1OC(=O)C(=O)OC1=C(Cl)C=C(Cl)C(Cl)C1C(=O)OCCCC1(C)CC1C. The normalized spacial score (nSPS) is 28.3. The summed E-state index contributed by atoms with van der Waals surface area (Å²) in [6.07, 6.45) is 6.33. The summed E-state index contributed by atoms with van der Waals surface area (Å²) in [7, 11) is 0. The predicted octanol–water partition coefficient (Wildman–Crippen LogP) is 9.26. The van der Waals surface area contributed by atoms with E-state index in [0.29, 0.717) is 24.7 Å². The number of ether oxygens (including phenoxy) is 4. The summed E-state index contributed by atoms with van der Waals surface area (Å²) in [5.41, 5.74) is -0.00818. The third-order valence-corrected chi connectivity index (χ3v) is 11.7. The number of carbonyl (C=O) groups excluding carboxylic acids is 4. The number of allylic oxidation sites excluding steroid dienone is 3. The zero-order valence-corrected chi connectivity index (χ0v) is 30.2. The highest BCUT2D eigenvalue weighted by Gasteiger charge is 2.46. The topological polar surface area (TPSA) is 105 Å². The lowest BCUT2D eigenvalue weighted by molar-refractivity contribution is -0.161. The Morgan fingerprint density at radius 3 is 1.89 bits per heavy atom. The second-order valence-corrected chi connectivity index (χ2v) is 15.3. The molecule has 1 aromatic rings. The fourth-order valence-electron chi connectivity index (χ4n) is 5.62. The number of hydrogen-bond donors (Lipinski definition) is 0. The quantitative estimate of drug-likeness (QED) is 0.0395. The van der Waals surface area contributed by atoms with Crippen molar-refractivity contribution in [3.63, 3.8) is 0 Å². The molecule has 0 N–H and O–H groups in total. The zero-order valence-electron chi connectivity index (χ0n) is 25.7. The lowest BCUT2D eigenvalue weighted by Gasteiger charge is -2.26. The smallest absolute Gasteiger partial charge is 0.423 e. The maximum Gasteiger partial charge on any atom is 0.423 e. The molecule has 0 amide bonds. The van der Waals surface area contributed by atoms with Gasteiger partial charge in [-0.05, 0) is 73.3 Å². The van der Waals surface area contributed by atoms with Crippen LogP contribution in [0.15, 0.2) is 28.0 Å². The van der Waals surface area contributed by atoms with Crippen molar-refractivity contribution in [3.8, 4) is 5.75 Å². The van der Waals surface area contributed by atoms with Crippen molar-refractivity contribution in [2.45, 2.75) is 71.6 Å². The number of esters is 4. The maximum absolute atomic E-state index is 13.1. The monoisotopic (exact) mass is 756 g/mol. The minimum absolute atomic E-state index is 0.00167. The minimum atomic E-state index is -1.62. The van der Waals surface area contributed by atoms with Crippen molar-refractivity contribution in [1.82, 2.24) is 0 Å². The van der Waals surface area contributed by atoms with Crippen LogP contribution in [-0.2, 0) is 28.6 Å². The van der Waals surface area contributed by atoms with Gasteiger partial charge in [0.2, 0.25) is 0 Å². The fraction of sp³-hybridized carbons (Fsp3) is 0.562. The molecule has 46 heavy (non-hydrogen) atoms. The van der Waals surface area contributed by atoms with E-state index in [0.717, 1.165) is 31.7 Å². The van der Waals surface area contributed by atoms with E-state index in [1.807, 2.05) is 0 Å². The molecule has 2 saturated carbocycles. The molecule has 0 spiro atoms. The Bertz CT molecular complexity index is 1490. The van der Waals surface area contributed by atoms with Crippen LogP contribution in [0.2, 0.25) is 15.1 Å². The van der Waals surface area contributed by atoms with Gasteiger partial charge in [0, 0.05) is 5.03 Å². The molecule has 4 rings (SSSR count). The van der Waals surface area contributed by atoms with E-state index in [-0.39, 0.29) is 49.2 Å². The van der Waals surface area contributed by atoms with Gasteiger partial charge in [-0.2, -0.15) is 0 Å². The van der Waals surface area contributed by atoms with Crippen LogP contribution in [0.5, 0.6) is 5.75 Å². The Morgan fingerprint density at radius 2 is 1.35 bits per heavy atom. The molecule has 8 nitrogen and oxygen atoms in total. The summed E-state index contributed by atoms with van der Waals surface area (Å²) in [6.45, 7) is 8.82. The van der Waals surface area contributed by atoms with Crippen LogP contribution in [0, 0.1) is 28.6 Å². The van der Waals surface area contributed by atoms with Gasteiger partial charge in [-0.25, -0.2) is 14.4 Å². The average Bonchev–Trinajstić information content (AvgIpc) is 3.81. The van der Waals surface area contributed by atoms with Gasteiger partial charge in [0.25, 0.3) is 0 Å². The molecule has 6 atom stereocenters. The average molecular weight is 759 g/mol. The zero-order chi connectivity index (χ0) is 34.1. The first kappa shape index (κ1) is 37.1. The highest BCUT2D eigenvalue weighted by Crippen LogP contribution is 2.55. The molecule has 0 radical (unpaired) electrons. The van der Waals surface area contributed by atoms with Crippen LogP contribution in [0.1, 0.15) is 76.6 Å². The van der Waals surface area contributed by atoms with E-state index in [4.69, 9.17) is 88.6 Å². The van der Waals surface area contributed by atoms with E-state index in [2.05, 4.69) is 27.7 Å². The molecule has 252 valence electrons. The van der Waals surface area contributed by atoms with Gasteiger partial charge in [-0.15, -0.1) is 11.6 Å². The summed E-state index contributed by atoms with van der Waals surface area (Å²) >= 11 is 37.5. The molecule has 0 bridgehead atoms. The van der Waals surface area contributed by atoms with Crippen LogP contribution >= 0.6 is 69.6 Å². The molecular weight excluding hydrogens is 725 g/mol. The highest BCUT2D eigenvalue weighted by atomic mass is 35.5. The first-order valence-electron chi connectivity index (χ1n) is 14.8. The van der Waals surface area contributed by atoms with E-state index < -0.39 is 52.2 Å². The Labute approximate surface area is 297 Å². The predicted molar refractivity (Wildman–Crippen MR) is 177 cm³/mol. The largest absolute Gasteiger partial charge is 0.465 e. The van der Waals surface area contributed by atoms with Crippen LogP contribution in [0.3, 0.4) is 0 Å². The van der Waals surface area contributed by atoms with E-state index in [1.54, 1.807) is 0 Å². The second kappa shape index (κ2) is 14.8. The van der Waals surface area contributed by atoms with Gasteiger partial charge in [0.05, 0.1) is 38.7 Å². The van der Waals surface area contributed by atoms with Crippen molar-refractivity contribution < 1.29 is 38.1 Å². The molecule has 14 heteroatoms. The summed E-state index contributed by atoms with van der Waals surface area (Å²) < 4.78 is 21.2. The summed E-state index contributed by atoms with van der Waals surface area (Å²) in [4.78, 5) is 52.0. The fourth-order valence-corrected chi connectivity index (χ4v) is 7.18. The van der Waals surface area contributed by atoms with E-state index >= 15 is 0 Å². The van der Waals surface area contributed by atoms with E-state index in [1.165, 1.54) is 6.08 Å². The molecule has 0 heterocycles. The molecular formula is C32H34Cl6O8. The van der Waals surface area contributed by atoms with E-state index in [9.17, 15) is 19.2 Å². The molecule has 0 saturated heterocycles. The highest BCUT2D eigenvalue weighted by molar-refractivity contribution is 6.46. The molecule has 0 aliphatic heterocycles. The lowest BCUT2D eigenvalue weighted by Crippen LogP contribution is -2.35. The number of rotatable bonds is 12. The molecule has 0 aromatic heterocycles. The molecule has 3 aliphatic carbocycles. The van der Waals surface area contributed by atoms with Crippen LogP contribution in [0.25, 0.3) is 0 Å². The number of hydrogen-bond acceptors (Lipinski definition) is 8. The first-order chi connectivity index (χ1) is 21.5. The van der Waals surface area contributed by atoms with Gasteiger partial charge in [0.15, 0.2) is 5.75 Å². The third kappa shape index (κ3) is 8.48. The van der Waals surface area contributed by atoms with Crippen molar-refractivity contribution in [2.24, 2.45) is 28.6 Å². The molecule has 2 fully saturated rings. The van der Waals surface area contributed by atoms with Crippen LogP contribution in [-0.4, -0.2) is 42.5 Å². The summed E-state index contributed by atoms with van der Waals surface area (Å²) in [5, 5.41) is -2.17. The van der Waals surface area contributed by atoms with Gasteiger partial charge < -0.3 is 18.9 Å². The van der Waals surface area contributed by atoms with Crippen LogP contribution < -0.4 is 4.74 Å². The number of halogens is 6. The van der Waals surface area contributed by atoms with Crippen molar-refractivity contribution in [1.29, 1.82) is 0 Å². The molecule has 3 aliphatic rings. The van der Waals surface area contributed by atoms with Gasteiger partial charge in [-0.3, -0.25) is 4.79 Å².